The summed E-state index contributed by atoms with van der Waals surface area (Å²) in [6, 6.07) is 0.279. The first-order chi connectivity index (χ1) is 7.68. The molecule has 16 heavy (non-hydrogen) atoms. The van der Waals surface area contributed by atoms with E-state index in [1.807, 2.05) is 11.8 Å². The number of anilines is 1. The second-order valence-electron chi connectivity index (χ2n) is 3.87. The van der Waals surface area contributed by atoms with Crippen LogP contribution in [0.15, 0.2) is 12.4 Å². The van der Waals surface area contributed by atoms with E-state index < -0.39 is 6.43 Å². The first-order valence-corrected chi connectivity index (χ1v) is 5.26. The average Bonchev–Trinajstić information content (AvgIpc) is 2.29. The van der Waals surface area contributed by atoms with Crippen molar-refractivity contribution in [2.75, 3.05) is 24.5 Å². The highest BCUT2D eigenvalue weighted by Gasteiger charge is 2.23. The summed E-state index contributed by atoms with van der Waals surface area (Å²) in [4.78, 5) is 9.57. The Morgan fingerprint density at radius 3 is 2.88 bits per heavy atom. The smallest absolute Gasteiger partial charge is 0.284 e. The van der Waals surface area contributed by atoms with Gasteiger partial charge in [-0.3, -0.25) is 0 Å². The second kappa shape index (κ2) is 4.69. The summed E-state index contributed by atoms with van der Waals surface area (Å²) >= 11 is 0. The average molecular weight is 228 g/mol. The predicted molar refractivity (Wildman–Crippen MR) is 56.7 cm³/mol. The van der Waals surface area contributed by atoms with Gasteiger partial charge in [0.1, 0.15) is 5.69 Å². The topological polar surface area (TPSA) is 41.1 Å². The largest absolute Gasteiger partial charge is 0.352 e. The fourth-order valence-corrected chi connectivity index (χ4v) is 1.86. The van der Waals surface area contributed by atoms with Gasteiger partial charge in [-0.15, -0.1) is 0 Å². The van der Waals surface area contributed by atoms with Crippen LogP contribution >= 0.6 is 0 Å². The summed E-state index contributed by atoms with van der Waals surface area (Å²) in [7, 11) is 0. The molecule has 4 nitrogen and oxygen atoms in total. The van der Waals surface area contributed by atoms with Crippen molar-refractivity contribution >= 4 is 5.82 Å². The molecule has 1 aromatic rings. The summed E-state index contributed by atoms with van der Waals surface area (Å²) in [5.74, 6) is 0.311. The Morgan fingerprint density at radius 2 is 2.19 bits per heavy atom. The Labute approximate surface area is 92.7 Å². The van der Waals surface area contributed by atoms with Crippen LogP contribution in [0.2, 0.25) is 0 Å². The molecule has 6 heteroatoms. The van der Waals surface area contributed by atoms with Gasteiger partial charge >= 0.3 is 0 Å². The standard InChI is InChI=1S/C10H14F2N4/c1-7-6-16(5-4-13-7)10-8(9(11)12)14-2-3-15-10/h2-3,7,9,13H,4-6H2,1H3/t7-/m1/s1. The van der Waals surface area contributed by atoms with Crippen molar-refractivity contribution < 1.29 is 8.78 Å². The molecule has 1 saturated heterocycles. The normalized spacial score (nSPS) is 21.5. The molecule has 0 unspecified atom stereocenters. The number of rotatable bonds is 2. The van der Waals surface area contributed by atoms with Gasteiger partial charge < -0.3 is 10.2 Å². The predicted octanol–water partition coefficient (Wildman–Crippen LogP) is 1.21. The Balaban J connectivity index is 2.25. The van der Waals surface area contributed by atoms with E-state index in [-0.39, 0.29) is 11.7 Å². The van der Waals surface area contributed by atoms with Crippen molar-refractivity contribution in [2.24, 2.45) is 0 Å². The molecule has 0 spiro atoms. The Hall–Kier alpha value is -1.30. The van der Waals surface area contributed by atoms with Gasteiger partial charge in [0.15, 0.2) is 5.82 Å². The van der Waals surface area contributed by atoms with E-state index in [2.05, 4.69) is 15.3 Å². The van der Waals surface area contributed by atoms with Crippen molar-refractivity contribution in [1.29, 1.82) is 0 Å². The van der Waals surface area contributed by atoms with Gasteiger partial charge in [0.2, 0.25) is 0 Å². The fourth-order valence-electron chi connectivity index (χ4n) is 1.86. The lowest BCUT2D eigenvalue weighted by atomic mass is 10.2. The zero-order valence-corrected chi connectivity index (χ0v) is 9.03. The first-order valence-electron chi connectivity index (χ1n) is 5.26. The highest BCUT2D eigenvalue weighted by atomic mass is 19.3. The molecule has 0 radical (unpaired) electrons. The number of piperazine rings is 1. The molecule has 0 aromatic carbocycles. The third-order valence-corrected chi connectivity index (χ3v) is 2.58. The molecular weight excluding hydrogens is 214 g/mol. The van der Waals surface area contributed by atoms with Crippen molar-refractivity contribution in [3.05, 3.63) is 18.1 Å². The van der Waals surface area contributed by atoms with E-state index in [9.17, 15) is 8.78 Å². The first kappa shape index (κ1) is 11.2. The van der Waals surface area contributed by atoms with Gasteiger partial charge in [0.25, 0.3) is 6.43 Å². The minimum absolute atomic E-state index is 0.225. The Kier molecular flexibility index (Phi) is 3.28. The highest BCUT2D eigenvalue weighted by molar-refractivity contribution is 5.44. The number of nitrogens with zero attached hydrogens (tertiary/aromatic N) is 3. The zero-order valence-electron chi connectivity index (χ0n) is 9.03. The van der Waals surface area contributed by atoms with Crippen LogP contribution in [-0.4, -0.2) is 35.6 Å². The fraction of sp³-hybridized carbons (Fsp3) is 0.600. The van der Waals surface area contributed by atoms with Crippen molar-refractivity contribution in [3.63, 3.8) is 0 Å². The van der Waals surface area contributed by atoms with Crippen LogP contribution in [0.1, 0.15) is 19.0 Å². The van der Waals surface area contributed by atoms with Crippen LogP contribution in [-0.2, 0) is 0 Å². The lowest BCUT2D eigenvalue weighted by molar-refractivity contribution is 0.146. The molecule has 1 N–H and O–H groups in total. The van der Waals surface area contributed by atoms with Gasteiger partial charge in [0.05, 0.1) is 0 Å². The van der Waals surface area contributed by atoms with E-state index in [1.165, 1.54) is 12.4 Å². The minimum atomic E-state index is -2.58. The van der Waals surface area contributed by atoms with Crippen LogP contribution in [0, 0.1) is 0 Å². The van der Waals surface area contributed by atoms with Crippen LogP contribution in [0.25, 0.3) is 0 Å². The molecule has 0 aliphatic carbocycles. The maximum Gasteiger partial charge on any atom is 0.284 e. The summed E-state index contributed by atoms with van der Waals surface area (Å²) < 4.78 is 25.5. The summed E-state index contributed by atoms with van der Waals surface area (Å²) in [6.07, 6.45) is 0.179. The zero-order chi connectivity index (χ0) is 11.5. The Morgan fingerprint density at radius 1 is 1.44 bits per heavy atom. The van der Waals surface area contributed by atoms with Crippen molar-refractivity contribution in [2.45, 2.75) is 19.4 Å². The molecule has 2 heterocycles. The van der Waals surface area contributed by atoms with Crippen LogP contribution in [0.3, 0.4) is 0 Å². The number of hydrogen-bond donors (Lipinski definition) is 1. The molecule has 1 aromatic heterocycles. The Bertz CT molecular complexity index is 358. The van der Waals surface area contributed by atoms with Crippen LogP contribution in [0.5, 0.6) is 0 Å². The molecule has 2 rings (SSSR count). The van der Waals surface area contributed by atoms with Gasteiger partial charge in [-0.05, 0) is 6.92 Å². The number of nitrogens with one attached hydrogen (secondary N) is 1. The molecule has 1 atom stereocenters. The summed E-state index contributed by atoms with van der Waals surface area (Å²) in [5.41, 5.74) is -0.225. The third kappa shape index (κ3) is 2.27. The summed E-state index contributed by atoms with van der Waals surface area (Å²) in [5, 5.41) is 3.25. The van der Waals surface area contributed by atoms with Crippen molar-refractivity contribution in [1.82, 2.24) is 15.3 Å². The number of aromatic nitrogens is 2. The lowest BCUT2D eigenvalue weighted by Crippen LogP contribution is -2.49. The quantitative estimate of drug-likeness (QED) is 0.826. The highest BCUT2D eigenvalue weighted by Crippen LogP contribution is 2.25. The van der Waals surface area contributed by atoms with E-state index in [1.54, 1.807) is 0 Å². The monoisotopic (exact) mass is 228 g/mol. The van der Waals surface area contributed by atoms with E-state index in [0.29, 0.717) is 18.9 Å². The molecule has 1 aliphatic rings. The minimum Gasteiger partial charge on any atom is -0.352 e. The van der Waals surface area contributed by atoms with Crippen LogP contribution < -0.4 is 10.2 Å². The second-order valence-corrected chi connectivity index (χ2v) is 3.87. The molecular formula is C10H14F2N4. The van der Waals surface area contributed by atoms with Crippen molar-refractivity contribution in [3.8, 4) is 0 Å². The van der Waals surface area contributed by atoms with Gasteiger partial charge in [-0.1, -0.05) is 0 Å². The van der Waals surface area contributed by atoms with Crippen LogP contribution in [0.4, 0.5) is 14.6 Å². The molecule has 1 aliphatic heterocycles. The summed E-state index contributed by atoms with van der Waals surface area (Å²) in [6.45, 7) is 4.16. The molecule has 0 amide bonds. The number of hydrogen-bond acceptors (Lipinski definition) is 4. The van der Waals surface area contributed by atoms with E-state index >= 15 is 0 Å². The maximum atomic E-state index is 12.7. The van der Waals surface area contributed by atoms with E-state index in [4.69, 9.17) is 0 Å². The molecule has 1 fully saturated rings. The van der Waals surface area contributed by atoms with Gasteiger partial charge in [-0.25, -0.2) is 18.7 Å². The number of halogens is 2. The maximum absolute atomic E-state index is 12.7. The van der Waals surface area contributed by atoms with Gasteiger partial charge in [-0.2, -0.15) is 0 Å². The van der Waals surface area contributed by atoms with E-state index in [0.717, 1.165) is 6.54 Å². The SMILES string of the molecule is C[C@@H]1CN(c2nccnc2C(F)F)CCN1. The molecule has 0 bridgehead atoms. The molecule has 0 saturated carbocycles. The van der Waals surface area contributed by atoms with Gasteiger partial charge in [0, 0.05) is 38.1 Å². The lowest BCUT2D eigenvalue weighted by Gasteiger charge is -2.33. The molecule has 88 valence electrons. The number of alkyl halides is 2. The third-order valence-electron chi connectivity index (χ3n) is 2.58.